The van der Waals surface area contributed by atoms with Gasteiger partial charge in [0.1, 0.15) is 47.7 Å². The molecule has 61 heavy (non-hydrogen) atoms. The Morgan fingerprint density at radius 3 is 2.03 bits per heavy atom. The van der Waals surface area contributed by atoms with Crippen molar-refractivity contribution in [3.05, 3.63) is 87.3 Å². The largest absolute Gasteiger partial charge is 0.507 e. The molecular weight excluding hydrogens is 796 g/mol. The van der Waals surface area contributed by atoms with Gasteiger partial charge in [0, 0.05) is 39.2 Å². The summed E-state index contributed by atoms with van der Waals surface area (Å²) in [5, 5.41) is 42.5. The first-order valence-electron chi connectivity index (χ1n) is 19.5. The number of carboxylic acid groups (broad SMARTS) is 1. The number of fused-ring (bicyclic) bond motifs is 6. The van der Waals surface area contributed by atoms with Gasteiger partial charge in [-0.25, -0.2) is 4.79 Å². The third-order valence-electron chi connectivity index (χ3n) is 12.4. The Morgan fingerprint density at radius 1 is 0.803 bits per heavy atom. The number of rotatable bonds is 7. The normalized spacial score (nSPS) is 18.7. The smallest absolute Gasteiger partial charge is 0.326 e. The van der Waals surface area contributed by atoms with Gasteiger partial charge in [0.2, 0.25) is 23.2 Å². The molecule has 2 fully saturated rings. The second-order valence-corrected chi connectivity index (χ2v) is 15.6. The minimum atomic E-state index is -1.28. The number of nitrogens with zero attached hydrogens (tertiary/aromatic N) is 3. The molecule has 3 unspecified atom stereocenters. The van der Waals surface area contributed by atoms with Crippen LogP contribution in [-0.2, 0) is 25.7 Å². The highest BCUT2D eigenvalue weighted by Crippen LogP contribution is 2.46. The molecule has 2 saturated heterocycles. The van der Waals surface area contributed by atoms with E-state index in [-0.39, 0.29) is 47.1 Å². The van der Waals surface area contributed by atoms with Crippen LogP contribution in [0.25, 0.3) is 53.9 Å². The molecule has 2 aliphatic heterocycles. The summed E-state index contributed by atoms with van der Waals surface area (Å²) < 4.78 is 6.63. The number of phenolic OH excluding ortho intramolecular Hbond substituents is 3. The molecule has 5 N–H and O–H groups in total. The second kappa shape index (κ2) is 14.4. The highest BCUT2D eigenvalue weighted by Gasteiger charge is 2.43. The van der Waals surface area contributed by atoms with Crippen LogP contribution in [0, 0.1) is 0 Å². The van der Waals surface area contributed by atoms with E-state index in [1.807, 2.05) is 6.92 Å². The summed E-state index contributed by atoms with van der Waals surface area (Å²) in [4.78, 5) is 125. The lowest BCUT2D eigenvalue weighted by molar-refractivity contribution is -0.153. The maximum absolute atomic E-state index is 14.8. The molecule has 6 aromatic rings. The van der Waals surface area contributed by atoms with Crippen molar-refractivity contribution in [3.63, 3.8) is 0 Å². The van der Waals surface area contributed by atoms with Crippen molar-refractivity contribution < 1.29 is 44.3 Å². The fourth-order valence-electron chi connectivity index (χ4n) is 9.02. The minimum Gasteiger partial charge on any atom is -0.507 e. The maximum Gasteiger partial charge on any atom is 0.326 e. The van der Waals surface area contributed by atoms with Crippen LogP contribution in [-0.4, -0.2) is 96.8 Å². The number of carbonyl (C=O) groups is 4. The maximum atomic E-state index is 14.8. The predicted octanol–water partition coefficient (Wildman–Crippen LogP) is 1.36. The van der Waals surface area contributed by atoms with Crippen molar-refractivity contribution in [2.75, 3.05) is 20.2 Å². The summed E-state index contributed by atoms with van der Waals surface area (Å²) in [5.41, 5.74) is -4.67. The molecule has 8 rings (SSSR count). The van der Waals surface area contributed by atoms with Crippen molar-refractivity contribution in [2.24, 2.45) is 0 Å². The van der Waals surface area contributed by atoms with Gasteiger partial charge in [-0.3, -0.25) is 38.4 Å². The van der Waals surface area contributed by atoms with Gasteiger partial charge >= 0.3 is 5.97 Å². The number of pyridine rings is 1. The minimum absolute atomic E-state index is 0.111. The molecule has 3 amide bonds. The first-order valence-corrected chi connectivity index (χ1v) is 19.5. The fourth-order valence-corrected chi connectivity index (χ4v) is 9.02. The predicted molar refractivity (Wildman–Crippen MR) is 221 cm³/mol. The molecule has 0 aliphatic carbocycles. The van der Waals surface area contributed by atoms with Gasteiger partial charge in [0.25, 0.3) is 5.56 Å². The lowest BCUT2D eigenvalue weighted by atomic mass is 9.91. The number of phenols is 3. The molecule has 18 heteroatoms. The van der Waals surface area contributed by atoms with Gasteiger partial charge in [-0.15, -0.1) is 0 Å². The first kappa shape index (κ1) is 40.4. The molecular formula is C43H38N4O14. The van der Waals surface area contributed by atoms with Crippen LogP contribution in [0.1, 0.15) is 51.6 Å². The number of likely N-dealkylation sites (tertiary alicyclic amines) is 1. The number of carboxylic acids is 1. The standard InChI is InChI=1S/C43H38N4O14/c1-5-16(2)23-13-20-29(42(58)47(23)15-26(50)46-14-21(44-40(56)17(46)3)41(57)45-12-6-7-22(45)43(59)60)35(52)27-18(34(20)51)8-9-19-28(27)36(53)32-33(39(19)61-4)38(55)31-25(49)11-10-24(48)30(31)37(32)54/h8-11,13,16-17,21-22,51,54-55H,5-7,12,14-15H2,1-4H3,(H,44,56)(H,59,60)/t16?,17?,21?,22-/m0/s1. The van der Waals surface area contributed by atoms with Crippen LogP contribution in [0.2, 0.25) is 0 Å². The molecule has 18 nitrogen and oxygen atoms in total. The quantitative estimate of drug-likeness (QED) is 0.0864. The third-order valence-corrected chi connectivity index (χ3v) is 12.4. The Bertz CT molecular complexity index is 3280. The Labute approximate surface area is 342 Å². The molecule has 5 aromatic carbocycles. The van der Waals surface area contributed by atoms with E-state index in [1.54, 1.807) is 6.92 Å². The summed E-state index contributed by atoms with van der Waals surface area (Å²) in [5.74, 6) is -6.43. The van der Waals surface area contributed by atoms with Crippen LogP contribution in [0.15, 0.2) is 54.3 Å². The lowest BCUT2D eigenvalue weighted by Crippen LogP contribution is -2.65. The monoisotopic (exact) mass is 834 g/mol. The molecule has 4 atom stereocenters. The number of hydrogen-bond donors (Lipinski definition) is 5. The van der Waals surface area contributed by atoms with Crippen molar-refractivity contribution >= 4 is 77.6 Å². The Morgan fingerprint density at radius 2 is 1.41 bits per heavy atom. The highest BCUT2D eigenvalue weighted by molar-refractivity contribution is 6.24. The summed E-state index contributed by atoms with van der Waals surface area (Å²) in [6.07, 6.45) is 1.09. The zero-order chi connectivity index (χ0) is 44.1. The molecule has 0 radical (unpaired) electrons. The van der Waals surface area contributed by atoms with E-state index in [0.717, 1.165) is 33.6 Å². The van der Waals surface area contributed by atoms with Gasteiger partial charge < -0.3 is 44.8 Å². The van der Waals surface area contributed by atoms with Crippen LogP contribution in [0.5, 0.6) is 23.0 Å². The number of nitrogens with one attached hydrogen (secondary N) is 1. The van der Waals surface area contributed by atoms with E-state index in [2.05, 4.69) is 5.32 Å². The van der Waals surface area contributed by atoms with Crippen LogP contribution in [0.4, 0.5) is 0 Å². The number of piperazine rings is 1. The molecule has 314 valence electrons. The third kappa shape index (κ3) is 5.79. The highest BCUT2D eigenvalue weighted by atomic mass is 16.5. The second-order valence-electron chi connectivity index (χ2n) is 15.6. The number of hydrogen-bond acceptors (Lipinski definition) is 13. The number of methoxy groups -OCH3 is 1. The van der Waals surface area contributed by atoms with E-state index >= 15 is 0 Å². The zero-order valence-electron chi connectivity index (χ0n) is 33.2. The summed E-state index contributed by atoms with van der Waals surface area (Å²) in [6.45, 7) is 4.05. The van der Waals surface area contributed by atoms with Crippen molar-refractivity contribution in [1.29, 1.82) is 0 Å². The molecule has 2 aliphatic rings. The number of amides is 3. The van der Waals surface area contributed by atoms with Gasteiger partial charge in [-0.2, -0.15) is 0 Å². The average Bonchev–Trinajstić information content (AvgIpc) is 3.74. The number of aliphatic carboxylic acids is 1. The first-order chi connectivity index (χ1) is 28.9. The molecule has 1 aromatic heterocycles. The van der Waals surface area contributed by atoms with E-state index in [9.17, 15) is 63.6 Å². The number of ether oxygens (including phenoxy) is 1. The van der Waals surface area contributed by atoms with Crippen LogP contribution >= 0.6 is 0 Å². The van der Waals surface area contributed by atoms with Crippen molar-refractivity contribution in [2.45, 2.75) is 70.6 Å². The molecule has 0 spiro atoms. The zero-order valence-corrected chi connectivity index (χ0v) is 33.2. The summed E-state index contributed by atoms with van der Waals surface area (Å²) in [6, 6.07) is 2.27. The lowest BCUT2D eigenvalue weighted by Gasteiger charge is -2.39. The van der Waals surface area contributed by atoms with Gasteiger partial charge in [-0.1, -0.05) is 13.8 Å². The Kier molecular flexibility index (Phi) is 9.55. The average molecular weight is 835 g/mol. The fraction of sp³-hybridized carbons (Fsp3) is 0.326. The Balaban J connectivity index is 1.34. The van der Waals surface area contributed by atoms with Crippen molar-refractivity contribution in [3.8, 4) is 23.0 Å². The molecule has 3 heterocycles. The van der Waals surface area contributed by atoms with Crippen molar-refractivity contribution in [1.82, 2.24) is 19.7 Å². The van der Waals surface area contributed by atoms with Gasteiger partial charge in [0.05, 0.1) is 40.6 Å². The van der Waals surface area contributed by atoms with E-state index in [0.29, 0.717) is 12.8 Å². The van der Waals surface area contributed by atoms with Gasteiger partial charge in [0.15, 0.2) is 16.3 Å². The van der Waals surface area contributed by atoms with Gasteiger partial charge in [-0.05, 0) is 62.4 Å². The summed E-state index contributed by atoms with van der Waals surface area (Å²) in [7, 11) is 1.16. The number of carbonyl (C=O) groups excluding carboxylic acids is 3. The number of aromatic nitrogens is 1. The van der Waals surface area contributed by atoms with Crippen LogP contribution in [0.3, 0.4) is 0 Å². The van der Waals surface area contributed by atoms with E-state index in [4.69, 9.17) is 4.74 Å². The van der Waals surface area contributed by atoms with Crippen LogP contribution < -0.4 is 37.3 Å². The number of benzene rings is 5. The van der Waals surface area contributed by atoms with E-state index < -0.39 is 137 Å². The van der Waals surface area contributed by atoms with E-state index in [1.165, 1.54) is 25.1 Å². The molecule has 0 saturated carbocycles. The topological polar surface area (TPSA) is 267 Å². The Hall–Kier alpha value is -7.37. The summed E-state index contributed by atoms with van der Waals surface area (Å²) >= 11 is 0. The molecule has 0 bridgehead atoms. The SMILES string of the molecule is CCC(C)c1cc2c(O)c3ccc4c(OC)c5c(O)c6c(=O)ccc(=O)c6c(O)c5c(=O)c4c3c(=O)c2c(=O)n1CC(=O)N1CC(C(=O)N2CCC[C@H]2C(=O)O)NC(=O)C1C. The number of aromatic hydroxyl groups is 3.